The molecule has 0 fully saturated rings. The molecule has 3 nitrogen and oxygen atoms in total. The van der Waals surface area contributed by atoms with E-state index in [1.807, 2.05) is 24.3 Å². The normalized spacial score (nSPS) is 12.1. The Labute approximate surface area is 117 Å². The second-order valence-electron chi connectivity index (χ2n) is 4.27. The molecule has 1 heterocycles. The number of rotatable bonds is 5. The van der Waals surface area contributed by atoms with E-state index in [1.54, 1.807) is 17.4 Å². The largest absolute Gasteiger partial charge is 0.465 e. The van der Waals surface area contributed by atoms with Crippen LogP contribution in [0.2, 0.25) is 0 Å². The summed E-state index contributed by atoms with van der Waals surface area (Å²) < 4.78 is 4.79. The van der Waals surface area contributed by atoms with Crippen LogP contribution >= 0.6 is 11.3 Å². The number of ether oxygens (including phenoxy) is 1. The lowest BCUT2D eigenvalue weighted by atomic mass is 10.1. The molecular formula is C15H17NO2S. The second kappa shape index (κ2) is 6.50. The molecule has 0 aliphatic carbocycles. The average molecular weight is 275 g/mol. The summed E-state index contributed by atoms with van der Waals surface area (Å²) in [5.41, 5.74) is 1.58. The van der Waals surface area contributed by atoms with Crippen molar-refractivity contribution in [3.05, 3.63) is 57.8 Å². The van der Waals surface area contributed by atoms with Gasteiger partial charge in [-0.05, 0) is 30.0 Å². The number of carbonyl (C=O) groups is 1. The van der Waals surface area contributed by atoms with Gasteiger partial charge >= 0.3 is 5.97 Å². The molecule has 1 N–H and O–H groups in total. The Morgan fingerprint density at radius 3 is 2.79 bits per heavy atom. The first-order chi connectivity index (χ1) is 9.22. The van der Waals surface area contributed by atoms with Gasteiger partial charge in [0, 0.05) is 17.5 Å². The van der Waals surface area contributed by atoms with E-state index in [1.165, 1.54) is 12.0 Å². The highest BCUT2D eigenvalue weighted by Gasteiger charge is 2.12. The maximum atomic E-state index is 11.7. The molecule has 2 aromatic rings. The van der Waals surface area contributed by atoms with Crippen LogP contribution in [0, 0.1) is 0 Å². The molecule has 1 aromatic carbocycles. The van der Waals surface area contributed by atoms with E-state index in [-0.39, 0.29) is 12.0 Å². The van der Waals surface area contributed by atoms with Gasteiger partial charge in [0.2, 0.25) is 0 Å². The third-order valence-electron chi connectivity index (χ3n) is 2.99. The summed E-state index contributed by atoms with van der Waals surface area (Å²) in [5.74, 6) is -0.291. The van der Waals surface area contributed by atoms with Crippen molar-refractivity contribution in [1.82, 2.24) is 5.32 Å². The first-order valence-electron chi connectivity index (χ1n) is 6.15. The summed E-state index contributed by atoms with van der Waals surface area (Å²) in [4.78, 5) is 12.9. The highest BCUT2D eigenvalue weighted by atomic mass is 32.1. The number of benzene rings is 1. The molecule has 0 spiro atoms. The molecule has 4 heteroatoms. The Morgan fingerprint density at radius 2 is 2.11 bits per heavy atom. The van der Waals surface area contributed by atoms with E-state index >= 15 is 0 Å². The molecule has 0 aliphatic rings. The van der Waals surface area contributed by atoms with Crippen LogP contribution in [0.3, 0.4) is 0 Å². The third kappa shape index (κ3) is 3.43. The van der Waals surface area contributed by atoms with Gasteiger partial charge in [0.1, 0.15) is 0 Å². The van der Waals surface area contributed by atoms with Crippen molar-refractivity contribution >= 4 is 17.3 Å². The number of esters is 1. The van der Waals surface area contributed by atoms with Gasteiger partial charge < -0.3 is 10.1 Å². The molecule has 0 unspecified atom stereocenters. The van der Waals surface area contributed by atoms with E-state index in [2.05, 4.69) is 23.7 Å². The van der Waals surface area contributed by atoms with Gasteiger partial charge in [0.25, 0.3) is 0 Å². The van der Waals surface area contributed by atoms with Gasteiger partial charge in [-0.25, -0.2) is 4.79 Å². The summed E-state index contributed by atoms with van der Waals surface area (Å²) in [6, 6.07) is 11.9. The SMILES string of the molecule is COC(=O)c1ccccc1CN[C@@H](C)c1cccs1. The monoisotopic (exact) mass is 275 g/mol. The fraction of sp³-hybridized carbons (Fsp3) is 0.267. The molecule has 0 aliphatic heterocycles. The number of methoxy groups -OCH3 is 1. The zero-order valence-electron chi connectivity index (χ0n) is 11.1. The molecule has 0 saturated carbocycles. The van der Waals surface area contributed by atoms with Crippen molar-refractivity contribution in [2.45, 2.75) is 19.5 Å². The Hall–Kier alpha value is -1.65. The van der Waals surface area contributed by atoms with Crippen LogP contribution in [-0.2, 0) is 11.3 Å². The van der Waals surface area contributed by atoms with Crippen molar-refractivity contribution in [3.8, 4) is 0 Å². The average Bonchev–Trinajstić information content (AvgIpc) is 2.98. The minimum absolute atomic E-state index is 0.269. The molecule has 2 rings (SSSR count). The van der Waals surface area contributed by atoms with Crippen LogP contribution in [0.25, 0.3) is 0 Å². The second-order valence-corrected chi connectivity index (χ2v) is 5.25. The van der Waals surface area contributed by atoms with Crippen LogP contribution < -0.4 is 5.32 Å². The topological polar surface area (TPSA) is 38.3 Å². The van der Waals surface area contributed by atoms with Crippen LogP contribution in [0.4, 0.5) is 0 Å². The Kier molecular flexibility index (Phi) is 4.71. The molecule has 100 valence electrons. The highest BCUT2D eigenvalue weighted by molar-refractivity contribution is 7.10. The molecule has 0 amide bonds. The minimum Gasteiger partial charge on any atom is -0.465 e. The summed E-state index contributed by atoms with van der Waals surface area (Å²) in [6.45, 7) is 2.76. The van der Waals surface area contributed by atoms with E-state index in [0.717, 1.165) is 5.56 Å². The van der Waals surface area contributed by atoms with Crippen molar-refractivity contribution in [3.63, 3.8) is 0 Å². The van der Waals surface area contributed by atoms with Crippen molar-refractivity contribution in [2.75, 3.05) is 7.11 Å². The van der Waals surface area contributed by atoms with Crippen LogP contribution in [-0.4, -0.2) is 13.1 Å². The molecule has 0 bridgehead atoms. The predicted octanol–water partition coefficient (Wildman–Crippen LogP) is 3.39. The third-order valence-corrected chi connectivity index (χ3v) is 4.05. The van der Waals surface area contributed by atoms with Gasteiger partial charge in [-0.15, -0.1) is 11.3 Å². The van der Waals surface area contributed by atoms with Crippen LogP contribution in [0.5, 0.6) is 0 Å². The number of carbonyl (C=O) groups excluding carboxylic acids is 1. The fourth-order valence-corrected chi connectivity index (χ4v) is 2.64. The Bertz CT molecular complexity index is 537. The number of nitrogens with one attached hydrogen (secondary N) is 1. The predicted molar refractivity (Wildman–Crippen MR) is 77.4 cm³/mol. The minimum atomic E-state index is -0.291. The maximum absolute atomic E-state index is 11.7. The zero-order chi connectivity index (χ0) is 13.7. The Morgan fingerprint density at radius 1 is 1.32 bits per heavy atom. The molecule has 19 heavy (non-hydrogen) atoms. The lowest BCUT2D eigenvalue weighted by Gasteiger charge is -2.14. The van der Waals surface area contributed by atoms with E-state index in [0.29, 0.717) is 12.1 Å². The number of thiophene rings is 1. The number of hydrogen-bond acceptors (Lipinski definition) is 4. The van der Waals surface area contributed by atoms with E-state index in [9.17, 15) is 4.79 Å². The molecule has 0 radical (unpaired) electrons. The van der Waals surface area contributed by atoms with Gasteiger partial charge in [0.05, 0.1) is 12.7 Å². The zero-order valence-corrected chi connectivity index (χ0v) is 11.9. The van der Waals surface area contributed by atoms with Gasteiger partial charge in [0.15, 0.2) is 0 Å². The lowest BCUT2D eigenvalue weighted by Crippen LogP contribution is -2.19. The fourth-order valence-electron chi connectivity index (χ4n) is 1.88. The molecule has 0 saturated heterocycles. The Balaban J connectivity index is 2.05. The standard InChI is InChI=1S/C15H17NO2S/c1-11(14-8-5-9-19-14)16-10-12-6-3-4-7-13(12)15(17)18-2/h3-9,11,16H,10H2,1-2H3/t11-/m0/s1. The van der Waals surface area contributed by atoms with Crippen molar-refractivity contribution < 1.29 is 9.53 Å². The van der Waals surface area contributed by atoms with Crippen molar-refractivity contribution in [1.29, 1.82) is 0 Å². The van der Waals surface area contributed by atoms with Crippen molar-refractivity contribution in [2.24, 2.45) is 0 Å². The summed E-state index contributed by atoms with van der Waals surface area (Å²) in [6.07, 6.45) is 0. The summed E-state index contributed by atoms with van der Waals surface area (Å²) >= 11 is 1.73. The summed E-state index contributed by atoms with van der Waals surface area (Å²) in [7, 11) is 1.40. The first-order valence-corrected chi connectivity index (χ1v) is 7.03. The van der Waals surface area contributed by atoms with Gasteiger partial charge in [-0.1, -0.05) is 24.3 Å². The van der Waals surface area contributed by atoms with E-state index in [4.69, 9.17) is 4.74 Å². The molecule has 1 aromatic heterocycles. The summed E-state index contributed by atoms with van der Waals surface area (Å²) in [5, 5.41) is 5.49. The molecule has 1 atom stereocenters. The van der Waals surface area contributed by atoms with E-state index < -0.39 is 0 Å². The molecular weight excluding hydrogens is 258 g/mol. The highest BCUT2D eigenvalue weighted by Crippen LogP contribution is 2.19. The first kappa shape index (κ1) is 13.8. The lowest BCUT2D eigenvalue weighted by molar-refractivity contribution is 0.0599. The number of hydrogen-bond donors (Lipinski definition) is 1. The smallest absolute Gasteiger partial charge is 0.338 e. The van der Waals surface area contributed by atoms with Gasteiger partial charge in [-0.3, -0.25) is 0 Å². The van der Waals surface area contributed by atoms with Gasteiger partial charge in [-0.2, -0.15) is 0 Å². The maximum Gasteiger partial charge on any atom is 0.338 e. The van der Waals surface area contributed by atoms with Crippen LogP contribution in [0.15, 0.2) is 41.8 Å². The quantitative estimate of drug-likeness (QED) is 0.850. The van der Waals surface area contributed by atoms with Crippen LogP contribution in [0.1, 0.15) is 33.8 Å².